The summed E-state index contributed by atoms with van der Waals surface area (Å²) < 4.78 is 7.81. The molecule has 4 aromatic rings. The van der Waals surface area contributed by atoms with Gasteiger partial charge in [-0.1, -0.05) is 42.5 Å². The second-order valence-electron chi connectivity index (χ2n) is 10.4. The molecule has 0 radical (unpaired) electrons. The van der Waals surface area contributed by atoms with Gasteiger partial charge in [0.1, 0.15) is 11.6 Å². The van der Waals surface area contributed by atoms with Crippen molar-refractivity contribution >= 4 is 10.9 Å². The van der Waals surface area contributed by atoms with E-state index >= 15 is 0 Å². The Morgan fingerprint density at radius 1 is 0.972 bits per heavy atom. The monoisotopic (exact) mass is 479 g/mol. The minimum Gasteiger partial charge on any atom is -0.493 e. The molecule has 1 aromatic heterocycles. The summed E-state index contributed by atoms with van der Waals surface area (Å²) in [6.45, 7) is 5.56. The van der Waals surface area contributed by atoms with E-state index in [1.54, 1.807) is 0 Å². The molecule has 1 saturated carbocycles. The summed E-state index contributed by atoms with van der Waals surface area (Å²) in [5.41, 5.74) is 5.01. The quantitative estimate of drug-likeness (QED) is 0.362. The van der Waals surface area contributed by atoms with Crippen LogP contribution in [0, 0.1) is 18.8 Å². The molecule has 2 aliphatic rings. The summed E-state index contributed by atoms with van der Waals surface area (Å²) in [6.07, 6.45) is 4.83. The molecular formula is C31H33N3O2. The van der Waals surface area contributed by atoms with Gasteiger partial charge in [0.05, 0.1) is 17.5 Å². The van der Waals surface area contributed by atoms with Crippen LogP contribution < -0.4 is 15.6 Å². The molecule has 6 rings (SSSR count). The molecule has 1 N–H and O–H groups in total. The van der Waals surface area contributed by atoms with Crippen LogP contribution in [-0.2, 0) is 6.54 Å². The van der Waals surface area contributed by atoms with Gasteiger partial charge in [-0.2, -0.15) is 0 Å². The largest absolute Gasteiger partial charge is 0.493 e. The summed E-state index contributed by atoms with van der Waals surface area (Å²) in [7, 11) is 0. The second kappa shape index (κ2) is 9.90. The predicted octanol–water partition coefficient (Wildman–Crippen LogP) is 5.83. The van der Waals surface area contributed by atoms with Gasteiger partial charge in [-0.3, -0.25) is 9.36 Å². The number of aromatic nitrogens is 2. The normalized spacial score (nSPS) is 17.9. The van der Waals surface area contributed by atoms with Crippen LogP contribution in [-0.4, -0.2) is 29.2 Å². The Kier molecular flexibility index (Phi) is 6.32. The molecule has 2 heterocycles. The number of benzene rings is 3. The van der Waals surface area contributed by atoms with Gasteiger partial charge in [0, 0.05) is 12.1 Å². The molecule has 0 bridgehead atoms. The second-order valence-corrected chi connectivity index (χ2v) is 10.4. The van der Waals surface area contributed by atoms with Crippen molar-refractivity contribution in [2.24, 2.45) is 11.8 Å². The van der Waals surface area contributed by atoms with Gasteiger partial charge in [0.15, 0.2) is 0 Å². The summed E-state index contributed by atoms with van der Waals surface area (Å²) >= 11 is 0. The zero-order valence-corrected chi connectivity index (χ0v) is 20.9. The number of ether oxygens (including phenoxy) is 1. The molecule has 3 aromatic carbocycles. The lowest BCUT2D eigenvalue weighted by atomic mass is 9.98. The van der Waals surface area contributed by atoms with Gasteiger partial charge >= 0.3 is 0 Å². The number of nitrogens with zero attached hydrogens (tertiary/aromatic N) is 2. The van der Waals surface area contributed by atoms with Crippen LogP contribution in [0.1, 0.15) is 31.2 Å². The maximum absolute atomic E-state index is 14.0. The van der Waals surface area contributed by atoms with E-state index in [0.717, 1.165) is 77.8 Å². The molecule has 1 saturated heterocycles. The van der Waals surface area contributed by atoms with Crippen molar-refractivity contribution in [3.05, 3.63) is 82.6 Å². The fourth-order valence-electron chi connectivity index (χ4n) is 5.18. The zero-order valence-electron chi connectivity index (χ0n) is 20.9. The van der Waals surface area contributed by atoms with Crippen molar-refractivity contribution in [2.75, 3.05) is 19.7 Å². The molecule has 184 valence electrons. The number of hydrogen-bond donors (Lipinski definition) is 1. The molecule has 1 unspecified atom stereocenters. The lowest BCUT2D eigenvalue weighted by Gasteiger charge is -2.25. The van der Waals surface area contributed by atoms with E-state index in [1.807, 2.05) is 41.0 Å². The topological polar surface area (TPSA) is 56.1 Å². The van der Waals surface area contributed by atoms with Crippen molar-refractivity contribution in [2.45, 2.75) is 39.2 Å². The van der Waals surface area contributed by atoms with Crippen LogP contribution in [0.5, 0.6) is 5.75 Å². The molecule has 1 aliphatic carbocycles. The highest BCUT2D eigenvalue weighted by molar-refractivity contribution is 5.85. The van der Waals surface area contributed by atoms with Gasteiger partial charge in [0.25, 0.3) is 5.56 Å². The Bertz CT molecular complexity index is 1430. The number of fused-ring (bicyclic) bond motifs is 1. The summed E-state index contributed by atoms with van der Waals surface area (Å²) in [4.78, 5) is 19.0. The van der Waals surface area contributed by atoms with Crippen LogP contribution in [0.4, 0.5) is 0 Å². The highest BCUT2D eigenvalue weighted by Gasteiger charge is 2.22. The molecule has 36 heavy (non-hydrogen) atoms. The Labute approximate surface area is 212 Å². The maximum atomic E-state index is 14.0. The van der Waals surface area contributed by atoms with Gasteiger partial charge in [-0.15, -0.1) is 0 Å². The van der Waals surface area contributed by atoms with Crippen LogP contribution in [0.25, 0.3) is 33.4 Å². The van der Waals surface area contributed by atoms with E-state index in [-0.39, 0.29) is 5.56 Å². The molecule has 0 spiro atoms. The smallest absolute Gasteiger partial charge is 0.261 e. The van der Waals surface area contributed by atoms with Gasteiger partial charge < -0.3 is 10.1 Å². The third-order valence-corrected chi connectivity index (χ3v) is 7.55. The molecular weight excluding hydrogens is 446 g/mol. The molecule has 5 heteroatoms. The zero-order chi connectivity index (χ0) is 24.5. The van der Waals surface area contributed by atoms with Crippen molar-refractivity contribution in [1.29, 1.82) is 0 Å². The van der Waals surface area contributed by atoms with Crippen LogP contribution in [0.15, 0.2) is 71.5 Å². The lowest BCUT2D eigenvalue weighted by Crippen LogP contribution is -2.35. The van der Waals surface area contributed by atoms with Crippen LogP contribution in [0.2, 0.25) is 0 Å². The third kappa shape index (κ3) is 4.80. The number of nitrogens with one attached hydrogen (secondary N) is 1. The first kappa shape index (κ1) is 23.0. The van der Waals surface area contributed by atoms with Crippen molar-refractivity contribution in [1.82, 2.24) is 14.9 Å². The Morgan fingerprint density at radius 2 is 1.78 bits per heavy atom. The minimum atomic E-state index is 0.0371. The van der Waals surface area contributed by atoms with Crippen LogP contribution >= 0.6 is 0 Å². The molecule has 2 fully saturated rings. The minimum absolute atomic E-state index is 0.0371. The van der Waals surface area contributed by atoms with E-state index in [2.05, 4.69) is 42.6 Å². The fourth-order valence-corrected chi connectivity index (χ4v) is 5.18. The number of piperidine rings is 1. The fraction of sp³-hybridized carbons (Fsp3) is 0.355. The summed E-state index contributed by atoms with van der Waals surface area (Å²) in [6, 6.07) is 22.4. The van der Waals surface area contributed by atoms with Gasteiger partial charge in [0.2, 0.25) is 0 Å². The van der Waals surface area contributed by atoms with Crippen molar-refractivity contribution in [3.63, 3.8) is 0 Å². The van der Waals surface area contributed by atoms with Crippen molar-refractivity contribution < 1.29 is 4.74 Å². The summed E-state index contributed by atoms with van der Waals surface area (Å²) in [5.74, 6) is 2.82. The molecule has 1 atom stereocenters. The van der Waals surface area contributed by atoms with E-state index in [1.165, 1.54) is 12.8 Å². The Hall–Kier alpha value is -3.44. The van der Waals surface area contributed by atoms with E-state index < -0.39 is 0 Å². The van der Waals surface area contributed by atoms with E-state index in [9.17, 15) is 4.79 Å². The number of rotatable bonds is 7. The van der Waals surface area contributed by atoms with E-state index in [4.69, 9.17) is 9.72 Å². The standard InChI is InChI=1S/C31H33N3O2/c1-21-5-2-3-7-27(21)30-33-29-15-12-25(24-10-13-26(14-11-24)36-20-22-8-9-22)17-28(29)31(35)34(30)19-23-6-4-16-32-18-23/h2-3,5,7,10-15,17,22-23,32H,4,6,8-9,16,18-20H2,1H3. The van der Waals surface area contributed by atoms with Gasteiger partial charge in [-0.05, 0) is 98.5 Å². The van der Waals surface area contributed by atoms with Crippen LogP contribution in [0.3, 0.4) is 0 Å². The first-order valence-corrected chi connectivity index (χ1v) is 13.2. The predicted molar refractivity (Wildman–Crippen MR) is 145 cm³/mol. The number of hydrogen-bond acceptors (Lipinski definition) is 4. The van der Waals surface area contributed by atoms with E-state index in [0.29, 0.717) is 17.8 Å². The third-order valence-electron chi connectivity index (χ3n) is 7.55. The van der Waals surface area contributed by atoms with Gasteiger partial charge in [-0.25, -0.2) is 4.98 Å². The maximum Gasteiger partial charge on any atom is 0.261 e. The average molecular weight is 480 g/mol. The Balaban J connectivity index is 1.40. The average Bonchev–Trinajstić information content (AvgIpc) is 3.75. The lowest BCUT2D eigenvalue weighted by molar-refractivity contribution is 0.300. The molecule has 5 nitrogen and oxygen atoms in total. The molecule has 1 aliphatic heterocycles. The SMILES string of the molecule is Cc1ccccc1-c1nc2ccc(-c3ccc(OCC4CC4)cc3)cc2c(=O)n1CC1CCCNC1. The molecule has 0 amide bonds. The first-order valence-electron chi connectivity index (χ1n) is 13.2. The van der Waals surface area contributed by atoms with Crippen molar-refractivity contribution in [3.8, 4) is 28.3 Å². The number of aryl methyl sites for hydroxylation is 1. The highest BCUT2D eigenvalue weighted by atomic mass is 16.5. The highest BCUT2D eigenvalue weighted by Crippen LogP contribution is 2.31. The Morgan fingerprint density at radius 3 is 2.53 bits per heavy atom. The first-order chi connectivity index (χ1) is 17.7. The summed E-state index contributed by atoms with van der Waals surface area (Å²) in [5, 5.41) is 4.16.